The van der Waals surface area contributed by atoms with Gasteiger partial charge in [0.25, 0.3) is 0 Å². The number of halogens is 1. The molecular formula is C18H20FN3O2S2. The number of thioether (sulfide) groups is 1. The van der Waals surface area contributed by atoms with Gasteiger partial charge in [0.1, 0.15) is 11.6 Å². The van der Waals surface area contributed by atoms with E-state index in [2.05, 4.69) is 9.97 Å². The summed E-state index contributed by atoms with van der Waals surface area (Å²) < 4.78 is 39.7. The van der Waals surface area contributed by atoms with Gasteiger partial charge in [-0.3, -0.25) is 0 Å². The molecule has 26 heavy (non-hydrogen) atoms. The number of rotatable bonds is 7. The molecule has 0 atom stereocenters. The molecule has 0 fully saturated rings. The number of aromatic nitrogens is 2. The number of fused-ring (bicyclic) bond motifs is 1. The summed E-state index contributed by atoms with van der Waals surface area (Å²) >= 11 is 1.53. The van der Waals surface area contributed by atoms with E-state index < -0.39 is 10.0 Å². The van der Waals surface area contributed by atoms with Gasteiger partial charge in [0.2, 0.25) is 10.0 Å². The Kier molecular flexibility index (Phi) is 5.64. The fourth-order valence-corrected chi connectivity index (χ4v) is 4.92. The van der Waals surface area contributed by atoms with Crippen LogP contribution in [0.4, 0.5) is 4.39 Å². The van der Waals surface area contributed by atoms with Gasteiger partial charge < -0.3 is 4.98 Å². The van der Waals surface area contributed by atoms with E-state index in [-0.39, 0.29) is 10.7 Å². The average Bonchev–Trinajstić information content (AvgIpc) is 3.04. The van der Waals surface area contributed by atoms with Crippen LogP contribution in [0, 0.1) is 5.82 Å². The van der Waals surface area contributed by atoms with Gasteiger partial charge in [-0.2, -0.15) is 4.31 Å². The number of benzene rings is 2. The van der Waals surface area contributed by atoms with Crippen LogP contribution in [-0.4, -0.2) is 35.8 Å². The van der Waals surface area contributed by atoms with Crippen molar-refractivity contribution in [3.8, 4) is 0 Å². The number of nitrogens with zero attached hydrogens (tertiary/aromatic N) is 2. The largest absolute Gasteiger partial charge is 0.341 e. The first-order valence-corrected chi connectivity index (χ1v) is 10.7. The van der Waals surface area contributed by atoms with Gasteiger partial charge in [0, 0.05) is 18.0 Å². The molecule has 0 aliphatic heterocycles. The molecule has 138 valence electrons. The molecule has 1 N–H and O–H groups in total. The quantitative estimate of drug-likeness (QED) is 0.616. The molecule has 0 spiro atoms. The van der Waals surface area contributed by atoms with Gasteiger partial charge in [0.05, 0.1) is 21.7 Å². The molecule has 1 aromatic heterocycles. The summed E-state index contributed by atoms with van der Waals surface area (Å²) in [6.45, 7) is 4.50. The molecule has 3 rings (SSSR count). The monoisotopic (exact) mass is 393 g/mol. The van der Waals surface area contributed by atoms with Crippen LogP contribution in [0.5, 0.6) is 0 Å². The van der Waals surface area contributed by atoms with Gasteiger partial charge in [-0.1, -0.05) is 13.8 Å². The van der Waals surface area contributed by atoms with Crippen molar-refractivity contribution in [3.05, 3.63) is 54.1 Å². The Morgan fingerprint density at radius 2 is 1.81 bits per heavy atom. The molecule has 5 nitrogen and oxygen atoms in total. The molecule has 0 aliphatic rings. The lowest BCUT2D eigenvalue weighted by molar-refractivity contribution is 0.445. The molecule has 8 heteroatoms. The van der Waals surface area contributed by atoms with Crippen LogP contribution in [0.15, 0.2) is 52.3 Å². The highest BCUT2D eigenvalue weighted by atomic mass is 32.2. The zero-order valence-electron chi connectivity index (χ0n) is 14.6. The van der Waals surface area contributed by atoms with Gasteiger partial charge in [0.15, 0.2) is 0 Å². The fourth-order valence-electron chi connectivity index (χ4n) is 2.67. The first kappa shape index (κ1) is 18.9. The number of sulfonamides is 1. The Bertz CT molecular complexity index is 997. The van der Waals surface area contributed by atoms with Crippen LogP contribution in [0.25, 0.3) is 11.0 Å². The number of hydrogen-bond donors (Lipinski definition) is 1. The molecule has 0 bridgehead atoms. The number of imidazole rings is 1. The van der Waals surface area contributed by atoms with Crippen molar-refractivity contribution in [2.24, 2.45) is 0 Å². The summed E-state index contributed by atoms with van der Waals surface area (Å²) in [5.41, 5.74) is 1.41. The normalized spacial score (nSPS) is 12.2. The van der Waals surface area contributed by atoms with E-state index in [0.29, 0.717) is 24.4 Å². The second-order valence-electron chi connectivity index (χ2n) is 5.69. The molecule has 1 heterocycles. The fraction of sp³-hybridized carbons (Fsp3) is 0.278. The topological polar surface area (TPSA) is 66.1 Å². The molecule has 0 radical (unpaired) electrons. The van der Waals surface area contributed by atoms with Crippen molar-refractivity contribution in [2.75, 3.05) is 13.1 Å². The maximum atomic E-state index is 13.0. The third-order valence-electron chi connectivity index (χ3n) is 4.03. The van der Waals surface area contributed by atoms with Gasteiger partial charge in [-0.05, 0) is 42.5 Å². The van der Waals surface area contributed by atoms with Crippen LogP contribution in [0.2, 0.25) is 0 Å². The highest BCUT2D eigenvalue weighted by molar-refractivity contribution is 7.98. The number of nitrogens with one attached hydrogen (secondary N) is 1. The third-order valence-corrected chi connectivity index (χ3v) is 7.10. The summed E-state index contributed by atoms with van der Waals surface area (Å²) in [7, 11) is -3.50. The van der Waals surface area contributed by atoms with Crippen molar-refractivity contribution < 1.29 is 12.8 Å². The molecule has 0 saturated heterocycles. The summed E-state index contributed by atoms with van der Waals surface area (Å²) in [4.78, 5) is 8.87. The molecule has 0 aliphatic carbocycles. The Balaban J connectivity index is 1.82. The zero-order chi connectivity index (χ0) is 18.7. The van der Waals surface area contributed by atoms with Crippen LogP contribution in [0.3, 0.4) is 0 Å². The number of hydrogen-bond acceptors (Lipinski definition) is 4. The molecule has 3 aromatic rings. The van der Waals surface area contributed by atoms with E-state index >= 15 is 0 Å². The second-order valence-corrected chi connectivity index (χ2v) is 8.68. The van der Waals surface area contributed by atoms with Crippen molar-refractivity contribution in [1.29, 1.82) is 0 Å². The summed E-state index contributed by atoms with van der Waals surface area (Å²) in [6.07, 6.45) is 0. The maximum absolute atomic E-state index is 13.0. The van der Waals surface area contributed by atoms with E-state index in [4.69, 9.17) is 0 Å². The van der Waals surface area contributed by atoms with Crippen LogP contribution < -0.4 is 0 Å². The van der Waals surface area contributed by atoms with E-state index in [0.717, 1.165) is 16.2 Å². The summed E-state index contributed by atoms with van der Waals surface area (Å²) in [5, 5.41) is 0. The summed E-state index contributed by atoms with van der Waals surface area (Å²) in [5.74, 6) is 1.06. The van der Waals surface area contributed by atoms with E-state index in [1.165, 1.54) is 28.2 Å². The first-order chi connectivity index (χ1) is 12.4. The maximum Gasteiger partial charge on any atom is 0.243 e. The lowest BCUT2D eigenvalue weighted by Gasteiger charge is -2.18. The predicted octanol–water partition coefficient (Wildman–Crippen LogP) is 4.02. The molecule has 2 aromatic carbocycles. The lowest BCUT2D eigenvalue weighted by atomic mass is 10.3. The standard InChI is InChI=1S/C18H20FN3O2S2/c1-3-22(4-2)26(23,24)15-9-10-16-17(11-15)21-18(20-16)12-25-14-7-5-13(19)6-8-14/h5-11H,3-4,12H2,1-2H3,(H,20,21). The predicted molar refractivity (Wildman–Crippen MR) is 102 cm³/mol. The minimum Gasteiger partial charge on any atom is -0.341 e. The number of H-pyrrole nitrogens is 1. The van der Waals surface area contributed by atoms with Crippen molar-refractivity contribution in [3.63, 3.8) is 0 Å². The van der Waals surface area contributed by atoms with Gasteiger partial charge in [-0.15, -0.1) is 11.8 Å². The van der Waals surface area contributed by atoms with Crippen molar-refractivity contribution >= 4 is 32.8 Å². The lowest BCUT2D eigenvalue weighted by Crippen LogP contribution is -2.30. The highest BCUT2D eigenvalue weighted by Gasteiger charge is 2.22. The van der Waals surface area contributed by atoms with E-state index in [1.807, 2.05) is 13.8 Å². The molecule has 0 unspecified atom stereocenters. The minimum atomic E-state index is -3.50. The Labute approximate surface area is 156 Å². The molecule has 0 saturated carbocycles. The molecule has 0 amide bonds. The average molecular weight is 394 g/mol. The third kappa shape index (κ3) is 3.92. The van der Waals surface area contributed by atoms with Gasteiger partial charge in [-0.25, -0.2) is 17.8 Å². The minimum absolute atomic E-state index is 0.259. The van der Waals surface area contributed by atoms with Gasteiger partial charge >= 0.3 is 0 Å². The van der Waals surface area contributed by atoms with Crippen LogP contribution in [0.1, 0.15) is 19.7 Å². The van der Waals surface area contributed by atoms with Crippen molar-refractivity contribution in [2.45, 2.75) is 29.4 Å². The van der Waals surface area contributed by atoms with Crippen LogP contribution in [-0.2, 0) is 15.8 Å². The smallest absolute Gasteiger partial charge is 0.243 e. The zero-order valence-corrected chi connectivity index (χ0v) is 16.2. The number of aromatic amines is 1. The Morgan fingerprint density at radius 3 is 2.46 bits per heavy atom. The molecular weight excluding hydrogens is 373 g/mol. The highest BCUT2D eigenvalue weighted by Crippen LogP contribution is 2.25. The Hall–Kier alpha value is -1.90. The van der Waals surface area contributed by atoms with Crippen molar-refractivity contribution in [1.82, 2.24) is 14.3 Å². The van der Waals surface area contributed by atoms with E-state index in [1.54, 1.807) is 30.3 Å². The SMILES string of the molecule is CCN(CC)S(=O)(=O)c1ccc2nc(CSc3ccc(F)cc3)[nH]c2c1. The van der Waals surface area contributed by atoms with E-state index in [9.17, 15) is 12.8 Å². The Morgan fingerprint density at radius 1 is 1.12 bits per heavy atom. The summed E-state index contributed by atoms with van der Waals surface area (Å²) in [6, 6.07) is 11.2. The second kappa shape index (κ2) is 7.77. The first-order valence-electron chi connectivity index (χ1n) is 8.31. The van der Waals surface area contributed by atoms with Crippen LogP contribution >= 0.6 is 11.8 Å².